The molecular weight excluding hydrogens is 341 g/mol. The molecule has 1 aromatic rings. The maximum atomic E-state index is 12.6. The molecule has 2 heterocycles. The van der Waals surface area contributed by atoms with E-state index in [2.05, 4.69) is 10.6 Å². The molecule has 8 heteroatoms. The molecule has 0 saturated carbocycles. The molecule has 2 aliphatic heterocycles. The number of halogens is 2. The zero-order valence-electron chi connectivity index (χ0n) is 12.4. The average molecular weight is 358 g/mol. The van der Waals surface area contributed by atoms with E-state index in [0.717, 1.165) is 13.0 Å². The highest BCUT2D eigenvalue weighted by Crippen LogP contribution is 2.28. The van der Waals surface area contributed by atoms with E-state index in [0.29, 0.717) is 28.8 Å². The van der Waals surface area contributed by atoms with E-state index >= 15 is 0 Å². The number of nitrogens with one attached hydrogen (secondary N) is 2. The minimum atomic E-state index is -0.798. The molecule has 6 nitrogen and oxygen atoms in total. The largest absolute Gasteiger partial charge is 0.490 e. The van der Waals surface area contributed by atoms with Crippen molar-refractivity contribution in [3.8, 4) is 5.75 Å². The van der Waals surface area contributed by atoms with Gasteiger partial charge < -0.3 is 15.4 Å². The van der Waals surface area contributed by atoms with Crippen LogP contribution < -0.4 is 15.4 Å². The summed E-state index contributed by atoms with van der Waals surface area (Å²) in [5.41, 5.74) is -0.798. The Morgan fingerprint density at radius 1 is 1.30 bits per heavy atom. The predicted octanol–water partition coefficient (Wildman–Crippen LogP) is 2.05. The van der Waals surface area contributed by atoms with Crippen LogP contribution in [-0.2, 0) is 4.79 Å². The number of rotatable bonds is 4. The molecule has 3 amide bonds. The van der Waals surface area contributed by atoms with Gasteiger partial charge in [0.05, 0.1) is 11.6 Å². The Balaban J connectivity index is 1.60. The van der Waals surface area contributed by atoms with Crippen molar-refractivity contribution in [3.05, 3.63) is 28.2 Å². The molecule has 23 heavy (non-hydrogen) atoms. The Bertz CT molecular complexity index is 632. The summed E-state index contributed by atoms with van der Waals surface area (Å²) in [4.78, 5) is 25.8. The lowest BCUT2D eigenvalue weighted by atomic mass is 9.90. The van der Waals surface area contributed by atoms with Gasteiger partial charge in [-0.1, -0.05) is 23.2 Å². The van der Waals surface area contributed by atoms with Gasteiger partial charge in [0.2, 0.25) is 0 Å². The third kappa shape index (κ3) is 3.24. The first-order valence-electron chi connectivity index (χ1n) is 7.44. The monoisotopic (exact) mass is 357 g/mol. The van der Waals surface area contributed by atoms with Crippen LogP contribution in [0.1, 0.15) is 12.8 Å². The number of ether oxygens (including phenoxy) is 1. The lowest BCUT2D eigenvalue weighted by Gasteiger charge is -2.31. The van der Waals surface area contributed by atoms with Crippen LogP contribution in [0.2, 0.25) is 10.0 Å². The highest BCUT2D eigenvalue weighted by atomic mass is 35.5. The van der Waals surface area contributed by atoms with Crippen molar-refractivity contribution in [1.82, 2.24) is 15.5 Å². The van der Waals surface area contributed by atoms with Gasteiger partial charge in [0.1, 0.15) is 17.9 Å². The van der Waals surface area contributed by atoms with Crippen molar-refractivity contribution in [1.29, 1.82) is 0 Å². The third-order valence-corrected chi connectivity index (χ3v) is 4.63. The highest BCUT2D eigenvalue weighted by molar-refractivity contribution is 6.35. The zero-order chi connectivity index (χ0) is 16.4. The van der Waals surface area contributed by atoms with Gasteiger partial charge in [-0.05, 0) is 37.6 Å². The molecule has 0 aliphatic carbocycles. The average Bonchev–Trinajstić information content (AvgIpc) is 2.74. The number of amides is 3. The van der Waals surface area contributed by atoms with Crippen LogP contribution in [0.4, 0.5) is 4.79 Å². The number of urea groups is 1. The van der Waals surface area contributed by atoms with Crippen molar-refractivity contribution in [2.24, 2.45) is 0 Å². The fraction of sp³-hybridized carbons (Fsp3) is 0.467. The van der Waals surface area contributed by atoms with Crippen molar-refractivity contribution >= 4 is 35.1 Å². The maximum Gasteiger partial charge on any atom is 0.325 e. The standard InChI is InChI=1S/C15H17Cl2N3O3/c16-10-2-3-12(11(17)8-10)23-7-6-20-13(21)15(19-14(20)22)4-1-5-18-9-15/h2-3,8,18H,1,4-7,9H2,(H,19,22). The number of nitrogens with zero attached hydrogens (tertiary/aromatic N) is 1. The number of hydrogen-bond donors (Lipinski definition) is 2. The van der Waals surface area contributed by atoms with Gasteiger partial charge in [-0.3, -0.25) is 9.69 Å². The molecule has 1 atom stereocenters. The molecule has 0 radical (unpaired) electrons. The van der Waals surface area contributed by atoms with Gasteiger partial charge in [0.15, 0.2) is 0 Å². The summed E-state index contributed by atoms with van der Waals surface area (Å²) in [7, 11) is 0. The molecule has 2 saturated heterocycles. The SMILES string of the molecule is O=C1NC2(CCCNC2)C(=O)N1CCOc1ccc(Cl)cc1Cl. The Hall–Kier alpha value is -1.50. The minimum Gasteiger partial charge on any atom is -0.490 e. The first-order chi connectivity index (χ1) is 11.0. The first-order valence-corrected chi connectivity index (χ1v) is 8.20. The van der Waals surface area contributed by atoms with E-state index in [4.69, 9.17) is 27.9 Å². The number of carbonyl (C=O) groups is 2. The molecule has 3 rings (SSSR count). The quantitative estimate of drug-likeness (QED) is 0.809. The lowest BCUT2D eigenvalue weighted by Crippen LogP contribution is -2.57. The highest BCUT2D eigenvalue weighted by Gasteiger charge is 2.51. The molecule has 1 unspecified atom stereocenters. The summed E-state index contributed by atoms with van der Waals surface area (Å²) < 4.78 is 5.55. The van der Waals surface area contributed by atoms with Crippen LogP contribution in [0.25, 0.3) is 0 Å². The lowest BCUT2D eigenvalue weighted by molar-refractivity contribution is -0.132. The summed E-state index contributed by atoms with van der Waals surface area (Å²) in [6, 6.07) is 4.53. The molecule has 2 aliphatic rings. The van der Waals surface area contributed by atoms with E-state index in [1.54, 1.807) is 18.2 Å². The molecule has 2 fully saturated rings. The number of hydrogen-bond acceptors (Lipinski definition) is 4. The number of piperidine rings is 1. The Morgan fingerprint density at radius 2 is 2.13 bits per heavy atom. The first kappa shape index (κ1) is 16.4. The number of benzene rings is 1. The summed E-state index contributed by atoms with van der Waals surface area (Å²) in [5, 5.41) is 6.88. The molecule has 0 aromatic heterocycles. The number of imide groups is 1. The van der Waals surface area contributed by atoms with E-state index < -0.39 is 5.54 Å². The fourth-order valence-electron chi connectivity index (χ4n) is 2.91. The van der Waals surface area contributed by atoms with Crippen molar-refractivity contribution in [2.75, 3.05) is 26.2 Å². The summed E-state index contributed by atoms with van der Waals surface area (Å²) >= 11 is 11.8. The minimum absolute atomic E-state index is 0.171. The van der Waals surface area contributed by atoms with Crippen LogP contribution in [0.3, 0.4) is 0 Å². The van der Waals surface area contributed by atoms with Gasteiger partial charge in [-0.2, -0.15) is 0 Å². The van der Waals surface area contributed by atoms with Crippen LogP contribution in [0, 0.1) is 0 Å². The third-order valence-electron chi connectivity index (χ3n) is 4.10. The zero-order valence-corrected chi connectivity index (χ0v) is 13.9. The smallest absolute Gasteiger partial charge is 0.325 e. The predicted molar refractivity (Wildman–Crippen MR) is 87.0 cm³/mol. The molecular formula is C15H17Cl2N3O3. The van der Waals surface area contributed by atoms with Crippen molar-refractivity contribution in [3.63, 3.8) is 0 Å². The van der Waals surface area contributed by atoms with E-state index in [-0.39, 0.29) is 25.1 Å². The summed E-state index contributed by atoms with van der Waals surface area (Å²) in [6.45, 7) is 1.68. The van der Waals surface area contributed by atoms with Gasteiger partial charge >= 0.3 is 6.03 Å². The van der Waals surface area contributed by atoms with E-state index in [1.807, 2.05) is 0 Å². The molecule has 1 spiro atoms. The van der Waals surface area contributed by atoms with Crippen LogP contribution in [0.5, 0.6) is 5.75 Å². The Kier molecular flexibility index (Phi) is 4.66. The number of carbonyl (C=O) groups excluding carboxylic acids is 2. The second kappa shape index (κ2) is 6.55. The topological polar surface area (TPSA) is 70.7 Å². The molecule has 1 aromatic carbocycles. The normalized spacial score (nSPS) is 24.2. The summed E-state index contributed by atoms with van der Waals surface area (Å²) in [5.74, 6) is 0.276. The second-order valence-corrected chi connectivity index (χ2v) is 6.52. The van der Waals surface area contributed by atoms with Gasteiger partial charge in [-0.15, -0.1) is 0 Å². The van der Waals surface area contributed by atoms with Crippen LogP contribution in [-0.4, -0.2) is 48.6 Å². The van der Waals surface area contributed by atoms with Gasteiger partial charge in [0.25, 0.3) is 5.91 Å². The second-order valence-electron chi connectivity index (χ2n) is 5.67. The molecule has 2 N–H and O–H groups in total. The maximum absolute atomic E-state index is 12.6. The Morgan fingerprint density at radius 3 is 2.83 bits per heavy atom. The van der Waals surface area contributed by atoms with Crippen molar-refractivity contribution < 1.29 is 14.3 Å². The van der Waals surface area contributed by atoms with Gasteiger partial charge in [0, 0.05) is 11.6 Å². The molecule has 0 bridgehead atoms. The van der Waals surface area contributed by atoms with E-state index in [9.17, 15) is 9.59 Å². The molecule has 124 valence electrons. The van der Waals surface area contributed by atoms with Crippen LogP contribution >= 0.6 is 23.2 Å². The van der Waals surface area contributed by atoms with E-state index in [1.165, 1.54) is 4.90 Å². The fourth-order valence-corrected chi connectivity index (χ4v) is 3.38. The summed E-state index contributed by atoms with van der Waals surface area (Å²) in [6.07, 6.45) is 1.52. The van der Waals surface area contributed by atoms with Gasteiger partial charge in [-0.25, -0.2) is 4.79 Å². The Labute approximate surface area is 144 Å². The van der Waals surface area contributed by atoms with Crippen molar-refractivity contribution in [2.45, 2.75) is 18.4 Å². The van der Waals surface area contributed by atoms with Crippen LogP contribution in [0.15, 0.2) is 18.2 Å².